The van der Waals surface area contributed by atoms with Crippen molar-refractivity contribution in [2.45, 2.75) is 11.8 Å². The zero-order valence-electron chi connectivity index (χ0n) is 8.57. The number of nitrogens with zero attached hydrogens (tertiary/aromatic N) is 1. The molecule has 0 aliphatic carbocycles. The lowest BCUT2D eigenvalue weighted by Crippen LogP contribution is -2.26. The van der Waals surface area contributed by atoms with Gasteiger partial charge in [0, 0.05) is 7.05 Å². The van der Waals surface area contributed by atoms with Crippen molar-refractivity contribution in [3.8, 4) is 0 Å². The smallest absolute Gasteiger partial charge is 0.144 e. The van der Waals surface area contributed by atoms with Crippen LogP contribution in [0.15, 0.2) is 29.2 Å². The molecular formula is C10H12FNO2S. The highest BCUT2D eigenvalue weighted by molar-refractivity contribution is 7.82. The third-order valence-corrected chi connectivity index (χ3v) is 3.11. The molecule has 1 atom stereocenters. The molecule has 82 valence electrons. The van der Waals surface area contributed by atoms with E-state index in [-0.39, 0.29) is 18.1 Å². The van der Waals surface area contributed by atoms with Gasteiger partial charge in [-0.15, -0.1) is 0 Å². The van der Waals surface area contributed by atoms with Crippen molar-refractivity contribution in [1.82, 2.24) is 4.31 Å². The van der Waals surface area contributed by atoms with Crippen LogP contribution in [0, 0.1) is 5.82 Å². The van der Waals surface area contributed by atoms with Gasteiger partial charge in [0.25, 0.3) is 0 Å². The van der Waals surface area contributed by atoms with Crippen molar-refractivity contribution in [2.24, 2.45) is 0 Å². The van der Waals surface area contributed by atoms with E-state index in [0.29, 0.717) is 4.90 Å². The molecule has 1 rings (SSSR count). The Morgan fingerprint density at radius 1 is 1.40 bits per heavy atom. The van der Waals surface area contributed by atoms with Crippen molar-refractivity contribution in [1.29, 1.82) is 0 Å². The molecular weight excluding hydrogens is 217 g/mol. The number of likely N-dealkylation sites (N-methyl/N-ethyl adjacent to an activating group) is 1. The molecule has 5 heteroatoms. The lowest BCUT2D eigenvalue weighted by atomic mass is 10.4. The topological polar surface area (TPSA) is 37.4 Å². The van der Waals surface area contributed by atoms with Crippen LogP contribution in [0.5, 0.6) is 0 Å². The molecule has 0 spiro atoms. The van der Waals surface area contributed by atoms with Gasteiger partial charge in [0.15, 0.2) is 0 Å². The zero-order valence-corrected chi connectivity index (χ0v) is 9.38. The molecule has 0 saturated heterocycles. The van der Waals surface area contributed by atoms with E-state index in [1.165, 1.54) is 35.5 Å². The minimum absolute atomic E-state index is 0.0621. The summed E-state index contributed by atoms with van der Waals surface area (Å²) in [6, 6.07) is 5.38. The van der Waals surface area contributed by atoms with Gasteiger partial charge < -0.3 is 0 Å². The van der Waals surface area contributed by atoms with Crippen molar-refractivity contribution in [2.75, 3.05) is 13.6 Å². The van der Waals surface area contributed by atoms with Gasteiger partial charge in [-0.25, -0.2) is 12.9 Å². The second-order valence-corrected chi connectivity index (χ2v) is 4.78. The maximum absolute atomic E-state index is 12.6. The Bertz CT molecular complexity index is 378. The van der Waals surface area contributed by atoms with Crippen molar-refractivity contribution >= 4 is 16.8 Å². The number of benzene rings is 1. The summed E-state index contributed by atoms with van der Waals surface area (Å²) < 4.78 is 25.8. The second kappa shape index (κ2) is 5.14. The summed E-state index contributed by atoms with van der Waals surface area (Å²) in [6.07, 6.45) is 0. The number of carbonyl (C=O) groups is 1. The normalized spacial score (nSPS) is 12.8. The van der Waals surface area contributed by atoms with E-state index >= 15 is 0 Å². The Morgan fingerprint density at radius 2 is 1.93 bits per heavy atom. The highest BCUT2D eigenvalue weighted by Gasteiger charge is 2.11. The number of hydrogen-bond acceptors (Lipinski definition) is 2. The fourth-order valence-corrected chi connectivity index (χ4v) is 2.13. The number of ketones is 1. The van der Waals surface area contributed by atoms with Gasteiger partial charge in [-0.3, -0.25) is 4.79 Å². The lowest BCUT2D eigenvalue weighted by Gasteiger charge is -2.13. The van der Waals surface area contributed by atoms with Crippen LogP contribution in [0.25, 0.3) is 0 Å². The van der Waals surface area contributed by atoms with Crippen molar-refractivity contribution in [3.63, 3.8) is 0 Å². The maximum Gasteiger partial charge on any atom is 0.144 e. The molecule has 15 heavy (non-hydrogen) atoms. The molecule has 0 N–H and O–H groups in total. The van der Waals surface area contributed by atoms with Gasteiger partial charge in [0.05, 0.1) is 11.4 Å². The Balaban J connectivity index is 2.76. The first-order valence-corrected chi connectivity index (χ1v) is 5.49. The van der Waals surface area contributed by atoms with Gasteiger partial charge >= 0.3 is 0 Å². The quantitative estimate of drug-likeness (QED) is 0.782. The average molecular weight is 229 g/mol. The minimum Gasteiger partial charge on any atom is -0.299 e. The summed E-state index contributed by atoms with van der Waals surface area (Å²) in [5.74, 6) is -0.432. The van der Waals surface area contributed by atoms with Crippen LogP contribution >= 0.6 is 0 Å². The predicted molar refractivity (Wildman–Crippen MR) is 56.1 cm³/mol. The number of rotatable bonds is 4. The second-order valence-electron chi connectivity index (χ2n) is 3.19. The van der Waals surface area contributed by atoms with E-state index < -0.39 is 11.0 Å². The largest absolute Gasteiger partial charge is 0.299 e. The first kappa shape index (κ1) is 12.0. The average Bonchev–Trinajstić information content (AvgIpc) is 2.17. The predicted octanol–water partition coefficient (Wildman–Crippen LogP) is 1.37. The molecule has 3 nitrogen and oxygen atoms in total. The van der Waals surface area contributed by atoms with Crippen LogP contribution in [-0.2, 0) is 15.8 Å². The molecule has 0 saturated carbocycles. The lowest BCUT2D eigenvalue weighted by molar-refractivity contribution is -0.117. The Morgan fingerprint density at radius 3 is 2.40 bits per heavy atom. The summed E-state index contributed by atoms with van der Waals surface area (Å²) in [6.45, 7) is 1.54. The summed E-state index contributed by atoms with van der Waals surface area (Å²) >= 11 is 0. The molecule has 0 radical (unpaired) electrons. The van der Waals surface area contributed by atoms with Gasteiger partial charge in [-0.05, 0) is 31.2 Å². The monoisotopic (exact) mass is 229 g/mol. The van der Waals surface area contributed by atoms with Gasteiger partial charge in [-0.2, -0.15) is 0 Å². The Kier molecular flexibility index (Phi) is 4.11. The first-order chi connectivity index (χ1) is 7.00. The van der Waals surface area contributed by atoms with E-state index in [9.17, 15) is 13.4 Å². The fourth-order valence-electron chi connectivity index (χ4n) is 1.10. The van der Waals surface area contributed by atoms with Crippen LogP contribution in [0.3, 0.4) is 0 Å². The molecule has 0 aliphatic heterocycles. The van der Waals surface area contributed by atoms with Crippen LogP contribution in [0.1, 0.15) is 6.92 Å². The van der Waals surface area contributed by atoms with Crippen LogP contribution < -0.4 is 0 Å². The number of hydrogen-bond donors (Lipinski definition) is 0. The van der Waals surface area contributed by atoms with Gasteiger partial charge in [0.2, 0.25) is 0 Å². The first-order valence-electron chi connectivity index (χ1n) is 4.38. The van der Waals surface area contributed by atoms with E-state index in [4.69, 9.17) is 0 Å². The number of Topliss-reactive ketones (excluding diaryl/α,β-unsaturated/α-hetero) is 1. The SMILES string of the molecule is CC(=O)CN(C)S(=O)c1ccc(F)cc1. The van der Waals surface area contributed by atoms with Crippen LogP contribution in [0.4, 0.5) is 4.39 Å². The fraction of sp³-hybridized carbons (Fsp3) is 0.300. The molecule has 1 aromatic carbocycles. The molecule has 1 unspecified atom stereocenters. The third-order valence-electron chi connectivity index (χ3n) is 1.74. The van der Waals surface area contributed by atoms with Crippen LogP contribution in [-0.4, -0.2) is 27.9 Å². The summed E-state index contributed by atoms with van der Waals surface area (Å²) in [7, 11) is 0.173. The Labute approximate surface area is 90.5 Å². The summed E-state index contributed by atoms with van der Waals surface area (Å²) in [5, 5.41) is 0. The highest BCUT2D eigenvalue weighted by atomic mass is 32.2. The van der Waals surface area contributed by atoms with Crippen molar-refractivity contribution in [3.05, 3.63) is 30.1 Å². The van der Waals surface area contributed by atoms with Gasteiger partial charge in [0.1, 0.15) is 22.6 Å². The van der Waals surface area contributed by atoms with E-state index in [1.54, 1.807) is 7.05 Å². The molecule has 0 aromatic heterocycles. The molecule has 1 aromatic rings. The summed E-state index contributed by atoms with van der Waals surface area (Å²) in [5.41, 5.74) is 0. The molecule has 0 aliphatic rings. The minimum atomic E-state index is -1.41. The molecule has 0 bridgehead atoms. The molecule has 0 fully saturated rings. The number of carbonyl (C=O) groups excluding carboxylic acids is 1. The van der Waals surface area contributed by atoms with E-state index in [1.807, 2.05) is 0 Å². The Hall–Kier alpha value is -1.07. The molecule has 0 heterocycles. The van der Waals surface area contributed by atoms with E-state index in [2.05, 4.69) is 0 Å². The standard InChI is InChI=1S/C10H12FNO2S/c1-8(13)7-12(2)15(14)10-5-3-9(11)4-6-10/h3-6H,7H2,1-2H3. The van der Waals surface area contributed by atoms with Crippen molar-refractivity contribution < 1.29 is 13.4 Å². The van der Waals surface area contributed by atoms with Gasteiger partial charge in [-0.1, -0.05) is 0 Å². The maximum atomic E-state index is 12.6. The highest BCUT2D eigenvalue weighted by Crippen LogP contribution is 2.10. The van der Waals surface area contributed by atoms with E-state index in [0.717, 1.165) is 0 Å². The third kappa shape index (κ3) is 3.53. The summed E-state index contributed by atoms with van der Waals surface area (Å²) in [4.78, 5) is 11.3. The zero-order chi connectivity index (χ0) is 11.4. The molecule has 0 amide bonds. The van der Waals surface area contributed by atoms with Crippen LogP contribution in [0.2, 0.25) is 0 Å². The number of halogens is 1.